The molecule has 2 nitrogen and oxygen atoms in total. The van der Waals surface area contributed by atoms with Crippen LogP contribution in [-0.2, 0) is 0 Å². The SMILES string of the molecule is O=c1oc2ccccc2cc1-c1ccc(Cl)cc1F. The van der Waals surface area contributed by atoms with Crippen LogP contribution >= 0.6 is 11.6 Å². The normalized spacial score (nSPS) is 10.8. The second-order valence-corrected chi connectivity index (χ2v) is 4.55. The van der Waals surface area contributed by atoms with Gasteiger partial charge in [-0.25, -0.2) is 9.18 Å². The molecule has 0 bridgehead atoms. The van der Waals surface area contributed by atoms with Gasteiger partial charge in [-0.1, -0.05) is 29.8 Å². The molecule has 0 saturated heterocycles. The van der Waals surface area contributed by atoms with Crippen LogP contribution < -0.4 is 5.63 Å². The summed E-state index contributed by atoms with van der Waals surface area (Å²) in [7, 11) is 0. The van der Waals surface area contributed by atoms with E-state index in [0.29, 0.717) is 5.58 Å². The van der Waals surface area contributed by atoms with E-state index in [1.807, 2.05) is 6.07 Å². The van der Waals surface area contributed by atoms with E-state index in [1.165, 1.54) is 18.2 Å². The van der Waals surface area contributed by atoms with Crippen molar-refractivity contribution in [3.8, 4) is 11.1 Å². The summed E-state index contributed by atoms with van der Waals surface area (Å²) in [5.41, 5.74) is 0.280. The molecule has 3 aromatic rings. The van der Waals surface area contributed by atoms with Crippen LogP contribution in [0.4, 0.5) is 4.39 Å². The van der Waals surface area contributed by atoms with Gasteiger partial charge in [0.05, 0.1) is 5.56 Å². The van der Waals surface area contributed by atoms with E-state index in [4.69, 9.17) is 16.0 Å². The topological polar surface area (TPSA) is 30.2 Å². The van der Waals surface area contributed by atoms with Gasteiger partial charge in [0.15, 0.2) is 0 Å². The monoisotopic (exact) mass is 274 g/mol. The number of para-hydroxylation sites is 1. The highest BCUT2D eigenvalue weighted by atomic mass is 35.5. The van der Waals surface area contributed by atoms with E-state index in [1.54, 1.807) is 24.3 Å². The Morgan fingerprint density at radius 1 is 1.00 bits per heavy atom. The molecule has 0 N–H and O–H groups in total. The zero-order valence-electron chi connectivity index (χ0n) is 9.69. The summed E-state index contributed by atoms with van der Waals surface area (Å²) >= 11 is 5.70. The van der Waals surface area contributed by atoms with Gasteiger partial charge in [-0.3, -0.25) is 0 Å². The van der Waals surface area contributed by atoms with Crippen LogP contribution in [0.2, 0.25) is 5.02 Å². The van der Waals surface area contributed by atoms with Crippen LogP contribution in [0.1, 0.15) is 0 Å². The molecule has 3 rings (SSSR count). The molecule has 19 heavy (non-hydrogen) atoms. The third kappa shape index (κ3) is 2.13. The van der Waals surface area contributed by atoms with Gasteiger partial charge < -0.3 is 4.42 Å². The highest BCUT2D eigenvalue weighted by Crippen LogP contribution is 2.25. The highest BCUT2D eigenvalue weighted by Gasteiger charge is 2.12. The van der Waals surface area contributed by atoms with Crippen LogP contribution in [0.25, 0.3) is 22.1 Å². The molecule has 0 atom stereocenters. The van der Waals surface area contributed by atoms with E-state index < -0.39 is 11.4 Å². The van der Waals surface area contributed by atoms with Crippen molar-refractivity contribution in [3.05, 3.63) is 69.8 Å². The molecule has 0 fully saturated rings. The standard InChI is InChI=1S/C15H8ClFO2/c16-10-5-6-11(13(17)8-10)12-7-9-3-1-2-4-14(9)19-15(12)18/h1-8H. The summed E-state index contributed by atoms with van der Waals surface area (Å²) < 4.78 is 19.0. The Balaban J connectivity index is 2.30. The lowest BCUT2D eigenvalue weighted by molar-refractivity contribution is 0.561. The van der Waals surface area contributed by atoms with Gasteiger partial charge in [0.25, 0.3) is 0 Å². The minimum Gasteiger partial charge on any atom is -0.422 e. The van der Waals surface area contributed by atoms with Crippen LogP contribution in [0.3, 0.4) is 0 Å². The Labute approximate surface area is 113 Å². The van der Waals surface area contributed by atoms with Crippen molar-refractivity contribution in [2.45, 2.75) is 0 Å². The van der Waals surface area contributed by atoms with Crippen molar-refractivity contribution in [3.63, 3.8) is 0 Å². The van der Waals surface area contributed by atoms with Crippen LogP contribution in [0.15, 0.2) is 57.7 Å². The van der Waals surface area contributed by atoms with Crippen molar-refractivity contribution in [2.24, 2.45) is 0 Å². The first-order chi connectivity index (χ1) is 9.15. The van der Waals surface area contributed by atoms with E-state index >= 15 is 0 Å². The molecule has 1 aromatic heterocycles. The fourth-order valence-electron chi connectivity index (χ4n) is 1.96. The number of hydrogen-bond acceptors (Lipinski definition) is 2. The zero-order valence-corrected chi connectivity index (χ0v) is 10.4. The Bertz CT molecular complexity index is 824. The Morgan fingerprint density at radius 3 is 2.58 bits per heavy atom. The van der Waals surface area contributed by atoms with Gasteiger partial charge >= 0.3 is 5.63 Å². The molecule has 0 aliphatic carbocycles. The second kappa shape index (κ2) is 4.52. The quantitative estimate of drug-likeness (QED) is 0.621. The van der Waals surface area contributed by atoms with Gasteiger partial charge in [0, 0.05) is 16.0 Å². The second-order valence-electron chi connectivity index (χ2n) is 4.11. The third-order valence-corrected chi connectivity index (χ3v) is 3.10. The smallest absolute Gasteiger partial charge is 0.344 e. The average Bonchev–Trinajstić information content (AvgIpc) is 2.38. The molecule has 0 saturated carbocycles. The maximum absolute atomic E-state index is 13.9. The number of halogens is 2. The predicted molar refractivity (Wildman–Crippen MR) is 72.9 cm³/mol. The molecule has 4 heteroatoms. The molecule has 0 amide bonds. The van der Waals surface area contributed by atoms with Crippen molar-refractivity contribution >= 4 is 22.6 Å². The molecule has 0 aliphatic heterocycles. The molecule has 0 radical (unpaired) electrons. The van der Waals surface area contributed by atoms with Crippen molar-refractivity contribution < 1.29 is 8.81 Å². The van der Waals surface area contributed by atoms with Crippen LogP contribution in [0, 0.1) is 5.82 Å². The Morgan fingerprint density at radius 2 is 1.79 bits per heavy atom. The van der Waals surface area contributed by atoms with Gasteiger partial charge in [0.2, 0.25) is 0 Å². The van der Waals surface area contributed by atoms with E-state index in [0.717, 1.165) is 5.39 Å². The molecular weight excluding hydrogens is 267 g/mol. The van der Waals surface area contributed by atoms with E-state index in [9.17, 15) is 9.18 Å². The summed E-state index contributed by atoms with van der Waals surface area (Å²) in [5.74, 6) is -0.546. The Hall–Kier alpha value is -2.13. The van der Waals surface area contributed by atoms with E-state index in [2.05, 4.69) is 0 Å². The maximum atomic E-state index is 13.9. The summed E-state index contributed by atoms with van der Waals surface area (Å²) in [6.45, 7) is 0. The molecule has 0 unspecified atom stereocenters. The zero-order chi connectivity index (χ0) is 13.4. The minimum absolute atomic E-state index is 0.184. The maximum Gasteiger partial charge on any atom is 0.344 e. The van der Waals surface area contributed by atoms with Crippen molar-refractivity contribution in [2.75, 3.05) is 0 Å². The molecule has 1 heterocycles. The first-order valence-corrected chi connectivity index (χ1v) is 6.01. The van der Waals surface area contributed by atoms with Gasteiger partial charge in [-0.15, -0.1) is 0 Å². The van der Waals surface area contributed by atoms with E-state index in [-0.39, 0.29) is 16.1 Å². The lowest BCUT2D eigenvalue weighted by atomic mass is 10.1. The predicted octanol–water partition coefficient (Wildman–Crippen LogP) is 4.25. The summed E-state index contributed by atoms with van der Waals surface area (Å²) in [6, 6.07) is 12.9. The van der Waals surface area contributed by atoms with Crippen LogP contribution in [0.5, 0.6) is 0 Å². The van der Waals surface area contributed by atoms with Gasteiger partial charge in [-0.05, 0) is 30.3 Å². The highest BCUT2D eigenvalue weighted by molar-refractivity contribution is 6.30. The fourth-order valence-corrected chi connectivity index (χ4v) is 2.12. The molecule has 0 aliphatic rings. The molecule has 2 aromatic carbocycles. The fraction of sp³-hybridized carbons (Fsp3) is 0. The summed E-state index contributed by atoms with van der Waals surface area (Å²) in [4.78, 5) is 11.9. The number of fused-ring (bicyclic) bond motifs is 1. The Kier molecular flexibility index (Phi) is 2.84. The third-order valence-electron chi connectivity index (χ3n) is 2.86. The number of hydrogen-bond donors (Lipinski definition) is 0. The van der Waals surface area contributed by atoms with Crippen molar-refractivity contribution in [1.82, 2.24) is 0 Å². The largest absolute Gasteiger partial charge is 0.422 e. The molecule has 94 valence electrons. The number of rotatable bonds is 1. The van der Waals surface area contributed by atoms with Gasteiger partial charge in [0.1, 0.15) is 11.4 Å². The molecule has 0 spiro atoms. The average molecular weight is 275 g/mol. The first kappa shape index (κ1) is 11.9. The lowest BCUT2D eigenvalue weighted by Crippen LogP contribution is -2.03. The minimum atomic E-state index is -0.570. The lowest BCUT2D eigenvalue weighted by Gasteiger charge is -2.04. The summed E-state index contributed by atoms with van der Waals surface area (Å²) in [5, 5.41) is 1.03. The van der Waals surface area contributed by atoms with Crippen LogP contribution in [-0.4, -0.2) is 0 Å². The first-order valence-electron chi connectivity index (χ1n) is 5.63. The van der Waals surface area contributed by atoms with Crippen molar-refractivity contribution in [1.29, 1.82) is 0 Å². The van der Waals surface area contributed by atoms with Gasteiger partial charge in [-0.2, -0.15) is 0 Å². The summed E-state index contributed by atoms with van der Waals surface area (Å²) in [6.07, 6.45) is 0. The molecular formula is C15H8ClFO2. The number of benzene rings is 2.